The SMILES string of the molecule is C1CCOC1.CCOc1ccccc1-c1ccc2c(c1)C=C(C(=O)OC)CCN2Cc1cc(OC)ccc1OC. The molecule has 0 unspecified atom stereocenters. The fraction of sp³-hybridized carbons (Fsp3) is 0.364. The van der Waals surface area contributed by atoms with Crippen LogP contribution in [-0.4, -0.2) is 53.7 Å². The number of carbonyl (C=O) groups is 1. The summed E-state index contributed by atoms with van der Waals surface area (Å²) in [7, 11) is 4.74. The molecule has 0 aromatic heterocycles. The van der Waals surface area contributed by atoms with Crippen molar-refractivity contribution < 1.29 is 28.5 Å². The van der Waals surface area contributed by atoms with Crippen molar-refractivity contribution in [2.24, 2.45) is 0 Å². The minimum atomic E-state index is -0.308. The highest BCUT2D eigenvalue weighted by atomic mass is 16.5. The number of fused-ring (bicyclic) bond motifs is 1. The lowest BCUT2D eigenvalue weighted by Gasteiger charge is -2.26. The summed E-state index contributed by atoms with van der Waals surface area (Å²) in [6, 6.07) is 20.1. The maximum Gasteiger partial charge on any atom is 0.333 e. The predicted octanol–water partition coefficient (Wildman–Crippen LogP) is 6.53. The molecule has 0 radical (unpaired) electrons. The normalized spacial score (nSPS) is 14.2. The third-order valence-electron chi connectivity index (χ3n) is 6.97. The van der Waals surface area contributed by atoms with Crippen molar-refractivity contribution in [2.75, 3.05) is 52.6 Å². The largest absolute Gasteiger partial charge is 0.497 e. The van der Waals surface area contributed by atoms with E-state index in [1.54, 1.807) is 14.2 Å². The molecule has 212 valence electrons. The monoisotopic (exact) mass is 545 g/mol. The molecule has 0 bridgehead atoms. The summed E-state index contributed by atoms with van der Waals surface area (Å²) in [5.74, 6) is 2.09. The second kappa shape index (κ2) is 14.4. The van der Waals surface area contributed by atoms with Gasteiger partial charge in [-0.2, -0.15) is 0 Å². The Morgan fingerprint density at radius 1 is 0.925 bits per heavy atom. The van der Waals surface area contributed by atoms with Crippen LogP contribution in [0.5, 0.6) is 17.2 Å². The van der Waals surface area contributed by atoms with Gasteiger partial charge in [-0.3, -0.25) is 0 Å². The van der Waals surface area contributed by atoms with Gasteiger partial charge in [0.25, 0.3) is 0 Å². The molecule has 3 aromatic carbocycles. The Hall–Kier alpha value is -3.97. The maximum absolute atomic E-state index is 12.5. The molecular weight excluding hydrogens is 506 g/mol. The molecule has 3 aromatic rings. The molecule has 0 N–H and O–H groups in total. The standard InChI is InChI=1S/C29H31NO5.C4H8O/c1-5-35-28-9-7-6-8-25(28)20-10-12-26-22(16-20)17-21(29(31)34-4)14-15-30(26)19-23-18-24(32-2)11-13-27(23)33-3;1-2-4-5-3-1/h6-13,16-18H,5,14-15,19H2,1-4H3;1-4H2. The zero-order chi connectivity index (χ0) is 28.3. The van der Waals surface area contributed by atoms with Crippen LogP contribution in [0.4, 0.5) is 5.69 Å². The number of carbonyl (C=O) groups excluding carboxylic acids is 1. The highest BCUT2D eigenvalue weighted by Crippen LogP contribution is 2.37. The number of rotatable bonds is 8. The lowest BCUT2D eigenvalue weighted by molar-refractivity contribution is -0.136. The minimum absolute atomic E-state index is 0.308. The molecule has 5 rings (SSSR count). The van der Waals surface area contributed by atoms with E-state index >= 15 is 0 Å². The molecule has 1 saturated heterocycles. The van der Waals surface area contributed by atoms with E-state index in [9.17, 15) is 4.79 Å². The molecule has 0 spiro atoms. The molecule has 2 aliphatic heterocycles. The fourth-order valence-electron chi connectivity index (χ4n) is 4.93. The van der Waals surface area contributed by atoms with Gasteiger partial charge in [0.2, 0.25) is 0 Å². The molecule has 2 aliphatic rings. The van der Waals surface area contributed by atoms with Gasteiger partial charge >= 0.3 is 5.97 Å². The van der Waals surface area contributed by atoms with E-state index in [1.165, 1.54) is 20.0 Å². The van der Waals surface area contributed by atoms with Crippen LogP contribution in [0.3, 0.4) is 0 Å². The Balaban J connectivity index is 0.000000666. The summed E-state index contributed by atoms with van der Waals surface area (Å²) >= 11 is 0. The summed E-state index contributed by atoms with van der Waals surface area (Å²) in [5, 5.41) is 0. The Labute approximate surface area is 237 Å². The first kappa shape index (κ1) is 29.0. The smallest absolute Gasteiger partial charge is 0.333 e. The van der Waals surface area contributed by atoms with E-state index in [4.69, 9.17) is 23.7 Å². The lowest BCUT2D eigenvalue weighted by Crippen LogP contribution is -2.25. The maximum atomic E-state index is 12.5. The number of benzene rings is 3. The van der Waals surface area contributed by atoms with Gasteiger partial charge in [0, 0.05) is 48.7 Å². The highest BCUT2D eigenvalue weighted by molar-refractivity contribution is 5.96. The first-order valence-corrected chi connectivity index (χ1v) is 13.8. The van der Waals surface area contributed by atoms with E-state index in [0.29, 0.717) is 31.7 Å². The summed E-state index contributed by atoms with van der Waals surface area (Å²) in [6.07, 6.45) is 5.06. The van der Waals surface area contributed by atoms with Crippen molar-refractivity contribution in [3.63, 3.8) is 0 Å². The van der Waals surface area contributed by atoms with E-state index < -0.39 is 0 Å². The fourth-order valence-corrected chi connectivity index (χ4v) is 4.93. The van der Waals surface area contributed by atoms with Crippen LogP contribution >= 0.6 is 0 Å². The highest BCUT2D eigenvalue weighted by Gasteiger charge is 2.22. The van der Waals surface area contributed by atoms with Crippen LogP contribution in [0, 0.1) is 0 Å². The molecule has 7 heteroatoms. The van der Waals surface area contributed by atoms with Crippen LogP contribution in [0.25, 0.3) is 17.2 Å². The van der Waals surface area contributed by atoms with Gasteiger partial charge < -0.3 is 28.6 Å². The summed E-state index contributed by atoms with van der Waals surface area (Å²) in [4.78, 5) is 14.8. The van der Waals surface area contributed by atoms with Gasteiger partial charge in [0.1, 0.15) is 17.2 Å². The van der Waals surface area contributed by atoms with Gasteiger partial charge in [-0.05, 0) is 79.8 Å². The lowest BCUT2D eigenvalue weighted by atomic mass is 9.99. The Morgan fingerprint density at radius 2 is 1.73 bits per heavy atom. The third-order valence-corrected chi connectivity index (χ3v) is 6.97. The zero-order valence-electron chi connectivity index (χ0n) is 23.9. The average molecular weight is 546 g/mol. The number of methoxy groups -OCH3 is 3. The summed E-state index contributed by atoms with van der Waals surface area (Å²) in [6.45, 7) is 5.82. The summed E-state index contributed by atoms with van der Waals surface area (Å²) in [5.41, 5.74) is 5.67. The molecule has 0 aliphatic carbocycles. The average Bonchev–Trinajstić information content (AvgIpc) is 3.54. The first-order chi connectivity index (χ1) is 19.6. The molecule has 0 amide bonds. The van der Waals surface area contributed by atoms with Crippen LogP contribution < -0.4 is 19.1 Å². The van der Waals surface area contributed by atoms with Crippen molar-refractivity contribution in [3.05, 3.63) is 77.4 Å². The number of esters is 1. The quantitative estimate of drug-likeness (QED) is 0.298. The van der Waals surface area contributed by atoms with Crippen molar-refractivity contribution in [1.29, 1.82) is 0 Å². The molecule has 0 saturated carbocycles. The number of ether oxygens (including phenoxy) is 5. The van der Waals surface area contributed by atoms with Crippen LogP contribution in [0.1, 0.15) is 37.3 Å². The van der Waals surface area contributed by atoms with Crippen LogP contribution in [0.15, 0.2) is 66.2 Å². The zero-order valence-corrected chi connectivity index (χ0v) is 23.9. The Kier molecular flexibility index (Phi) is 10.5. The van der Waals surface area contributed by atoms with Crippen molar-refractivity contribution >= 4 is 17.7 Å². The van der Waals surface area contributed by atoms with Gasteiger partial charge in [-0.15, -0.1) is 0 Å². The van der Waals surface area contributed by atoms with Crippen LogP contribution in [0.2, 0.25) is 0 Å². The number of hydrogen-bond acceptors (Lipinski definition) is 7. The van der Waals surface area contributed by atoms with Crippen molar-refractivity contribution in [1.82, 2.24) is 0 Å². The van der Waals surface area contributed by atoms with E-state index in [1.807, 2.05) is 55.5 Å². The predicted molar refractivity (Wildman–Crippen MR) is 158 cm³/mol. The van der Waals surface area contributed by atoms with Gasteiger partial charge in [0.15, 0.2) is 0 Å². The number of hydrogen-bond donors (Lipinski definition) is 0. The second-order valence-electron chi connectivity index (χ2n) is 9.53. The van der Waals surface area contributed by atoms with Crippen molar-refractivity contribution in [2.45, 2.75) is 32.7 Å². The number of anilines is 1. The number of para-hydroxylation sites is 1. The van der Waals surface area contributed by atoms with E-state index in [0.717, 1.165) is 58.4 Å². The van der Waals surface area contributed by atoms with Crippen LogP contribution in [-0.2, 0) is 20.8 Å². The van der Waals surface area contributed by atoms with Crippen molar-refractivity contribution in [3.8, 4) is 28.4 Å². The third kappa shape index (κ3) is 7.16. The minimum Gasteiger partial charge on any atom is -0.497 e. The Bertz CT molecular complexity index is 1310. The van der Waals surface area contributed by atoms with Gasteiger partial charge in [-0.1, -0.05) is 24.3 Å². The van der Waals surface area contributed by atoms with Gasteiger partial charge in [-0.25, -0.2) is 4.79 Å². The summed E-state index contributed by atoms with van der Waals surface area (Å²) < 4.78 is 26.9. The Morgan fingerprint density at radius 3 is 2.40 bits per heavy atom. The first-order valence-electron chi connectivity index (χ1n) is 13.8. The van der Waals surface area contributed by atoms with E-state index in [2.05, 4.69) is 23.1 Å². The molecule has 7 nitrogen and oxygen atoms in total. The second-order valence-corrected chi connectivity index (χ2v) is 9.53. The topological polar surface area (TPSA) is 66.5 Å². The molecule has 1 fully saturated rings. The number of nitrogens with zero attached hydrogens (tertiary/aromatic N) is 1. The van der Waals surface area contributed by atoms with Gasteiger partial charge in [0.05, 0.1) is 27.9 Å². The molecule has 2 heterocycles. The van der Waals surface area contributed by atoms with E-state index in [-0.39, 0.29) is 5.97 Å². The molecule has 0 atom stereocenters. The molecular formula is C33H39NO6. The molecule has 40 heavy (non-hydrogen) atoms.